The molecule has 130 valence electrons. The van der Waals surface area contributed by atoms with Gasteiger partial charge in [0.15, 0.2) is 0 Å². The van der Waals surface area contributed by atoms with Crippen LogP contribution < -0.4 is 5.32 Å². The van der Waals surface area contributed by atoms with Crippen LogP contribution in [0.4, 0.5) is 0 Å². The Bertz CT molecular complexity index is 595. The molecule has 1 aliphatic rings. The van der Waals surface area contributed by atoms with Crippen LogP contribution in [0, 0.1) is 5.92 Å². The standard InChI is InChI=1S/C17H21ClN2O4/c1-2-24-17(23)13-7-9-20(10-8-13)16(22)15(21)19-11-12-3-5-14(18)6-4-12/h3-6,13H,2,7-11H2,1H3,(H,19,21). The highest BCUT2D eigenvalue weighted by molar-refractivity contribution is 6.35. The largest absolute Gasteiger partial charge is 0.466 e. The number of nitrogens with one attached hydrogen (secondary N) is 1. The van der Waals surface area contributed by atoms with Gasteiger partial charge in [0.05, 0.1) is 12.5 Å². The molecule has 6 nitrogen and oxygen atoms in total. The summed E-state index contributed by atoms with van der Waals surface area (Å²) in [7, 11) is 0. The lowest BCUT2D eigenvalue weighted by atomic mass is 9.97. The summed E-state index contributed by atoms with van der Waals surface area (Å²) in [5.74, 6) is -1.62. The first-order valence-electron chi connectivity index (χ1n) is 7.99. The van der Waals surface area contributed by atoms with Crippen LogP contribution in [0.3, 0.4) is 0 Å². The van der Waals surface area contributed by atoms with Crippen LogP contribution in [0.25, 0.3) is 0 Å². The van der Waals surface area contributed by atoms with Gasteiger partial charge in [-0.3, -0.25) is 14.4 Å². The van der Waals surface area contributed by atoms with Crippen LogP contribution >= 0.6 is 11.6 Å². The molecule has 1 aromatic carbocycles. The fourth-order valence-corrected chi connectivity index (χ4v) is 2.71. The minimum atomic E-state index is -0.639. The Morgan fingerprint density at radius 2 is 1.83 bits per heavy atom. The highest BCUT2D eigenvalue weighted by Gasteiger charge is 2.30. The summed E-state index contributed by atoms with van der Waals surface area (Å²) < 4.78 is 4.99. The van der Waals surface area contributed by atoms with Gasteiger partial charge in [-0.05, 0) is 37.5 Å². The van der Waals surface area contributed by atoms with Gasteiger partial charge in [-0.25, -0.2) is 0 Å². The van der Waals surface area contributed by atoms with Crippen molar-refractivity contribution in [3.8, 4) is 0 Å². The van der Waals surface area contributed by atoms with Gasteiger partial charge in [0.1, 0.15) is 0 Å². The van der Waals surface area contributed by atoms with E-state index in [1.165, 1.54) is 4.90 Å². The molecule has 1 aromatic rings. The molecular weight excluding hydrogens is 332 g/mol. The SMILES string of the molecule is CCOC(=O)C1CCN(C(=O)C(=O)NCc2ccc(Cl)cc2)CC1. The molecule has 7 heteroatoms. The highest BCUT2D eigenvalue weighted by Crippen LogP contribution is 2.18. The van der Waals surface area contributed by atoms with E-state index in [1.54, 1.807) is 31.2 Å². The molecule has 0 bridgehead atoms. The Morgan fingerprint density at radius 3 is 2.42 bits per heavy atom. The predicted octanol–water partition coefficient (Wildman–Crippen LogP) is 1.76. The average Bonchev–Trinajstić information content (AvgIpc) is 2.60. The molecular formula is C17H21ClN2O4. The number of amides is 2. The lowest BCUT2D eigenvalue weighted by Gasteiger charge is -2.30. The van der Waals surface area contributed by atoms with Gasteiger partial charge in [-0.1, -0.05) is 23.7 Å². The van der Waals surface area contributed by atoms with E-state index in [0.717, 1.165) is 5.56 Å². The number of likely N-dealkylation sites (tertiary alicyclic amines) is 1. The van der Waals surface area contributed by atoms with Crippen LogP contribution in [0.1, 0.15) is 25.3 Å². The second-order valence-electron chi connectivity index (χ2n) is 5.63. The number of hydrogen-bond acceptors (Lipinski definition) is 4. The maximum Gasteiger partial charge on any atom is 0.311 e. The van der Waals surface area contributed by atoms with Crippen LogP contribution in [-0.4, -0.2) is 42.4 Å². The van der Waals surface area contributed by atoms with E-state index in [0.29, 0.717) is 37.6 Å². The maximum absolute atomic E-state index is 12.2. The minimum Gasteiger partial charge on any atom is -0.466 e. The van der Waals surface area contributed by atoms with Gasteiger partial charge in [0.25, 0.3) is 0 Å². The lowest BCUT2D eigenvalue weighted by Crippen LogP contribution is -2.47. The van der Waals surface area contributed by atoms with Crippen molar-refractivity contribution in [2.45, 2.75) is 26.3 Å². The molecule has 1 aliphatic heterocycles. The lowest BCUT2D eigenvalue weighted by molar-refractivity contribution is -0.152. The summed E-state index contributed by atoms with van der Waals surface area (Å²) in [4.78, 5) is 37.3. The molecule has 0 radical (unpaired) electrons. The molecule has 0 atom stereocenters. The van der Waals surface area contributed by atoms with Crippen LogP contribution in [0.2, 0.25) is 5.02 Å². The topological polar surface area (TPSA) is 75.7 Å². The van der Waals surface area contributed by atoms with E-state index in [9.17, 15) is 14.4 Å². The second kappa shape index (κ2) is 8.68. The Balaban J connectivity index is 1.78. The van der Waals surface area contributed by atoms with Crippen molar-refractivity contribution >= 4 is 29.4 Å². The summed E-state index contributed by atoms with van der Waals surface area (Å²) >= 11 is 5.80. The van der Waals surface area contributed by atoms with Gasteiger partial charge in [0, 0.05) is 24.7 Å². The molecule has 1 heterocycles. The number of halogens is 1. The highest BCUT2D eigenvalue weighted by atomic mass is 35.5. The molecule has 2 rings (SSSR count). The minimum absolute atomic E-state index is 0.189. The number of hydrogen-bond donors (Lipinski definition) is 1. The Morgan fingerprint density at radius 1 is 1.21 bits per heavy atom. The number of nitrogens with zero attached hydrogens (tertiary/aromatic N) is 1. The van der Waals surface area contributed by atoms with E-state index in [4.69, 9.17) is 16.3 Å². The molecule has 1 fully saturated rings. The van der Waals surface area contributed by atoms with Crippen molar-refractivity contribution in [3.63, 3.8) is 0 Å². The second-order valence-corrected chi connectivity index (χ2v) is 6.06. The molecule has 0 aliphatic carbocycles. The van der Waals surface area contributed by atoms with Crippen molar-refractivity contribution in [1.29, 1.82) is 0 Å². The number of rotatable bonds is 4. The molecule has 1 N–H and O–H groups in total. The summed E-state index contributed by atoms with van der Waals surface area (Å²) in [6.45, 7) is 3.15. The first-order chi connectivity index (χ1) is 11.5. The van der Waals surface area contributed by atoms with Gasteiger partial charge in [-0.15, -0.1) is 0 Å². The van der Waals surface area contributed by atoms with Crippen LogP contribution in [0.5, 0.6) is 0 Å². The number of piperidine rings is 1. The molecule has 24 heavy (non-hydrogen) atoms. The van der Waals surface area contributed by atoms with Crippen molar-refractivity contribution in [3.05, 3.63) is 34.9 Å². The van der Waals surface area contributed by atoms with Gasteiger partial charge < -0.3 is 15.0 Å². The van der Waals surface area contributed by atoms with E-state index >= 15 is 0 Å². The fraction of sp³-hybridized carbons (Fsp3) is 0.471. The van der Waals surface area contributed by atoms with Crippen molar-refractivity contribution in [1.82, 2.24) is 10.2 Å². The summed E-state index contributed by atoms with van der Waals surface area (Å²) in [5.41, 5.74) is 0.863. The van der Waals surface area contributed by atoms with E-state index < -0.39 is 11.8 Å². The molecule has 0 unspecified atom stereocenters. The number of carbonyl (C=O) groups is 3. The number of benzene rings is 1. The zero-order valence-electron chi connectivity index (χ0n) is 13.6. The monoisotopic (exact) mass is 352 g/mol. The zero-order chi connectivity index (χ0) is 17.5. The first kappa shape index (κ1) is 18.3. The zero-order valence-corrected chi connectivity index (χ0v) is 14.3. The fourth-order valence-electron chi connectivity index (χ4n) is 2.58. The smallest absolute Gasteiger partial charge is 0.311 e. The van der Waals surface area contributed by atoms with E-state index in [-0.39, 0.29) is 18.4 Å². The number of esters is 1. The van der Waals surface area contributed by atoms with Gasteiger partial charge in [0.2, 0.25) is 0 Å². The Labute approximate surface area is 146 Å². The Hall–Kier alpha value is -2.08. The van der Waals surface area contributed by atoms with E-state index in [2.05, 4.69) is 5.32 Å². The van der Waals surface area contributed by atoms with E-state index in [1.807, 2.05) is 0 Å². The third-order valence-corrected chi connectivity index (χ3v) is 4.21. The molecule has 0 aromatic heterocycles. The third kappa shape index (κ3) is 4.96. The normalized spacial score (nSPS) is 15.0. The number of ether oxygens (including phenoxy) is 1. The van der Waals surface area contributed by atoms with Crippen LogP contribution in [-0.2, 0) is 25.7 Å². The summed E-state index contributed by atoms with van der Waals surface area (Å²) in [6, 6.07) is 7.03. The predicted molar refractivity (Wildman–Crippen MR) is 89.2 cm³/mol. The van der Waals surface area contributed by atoms with Crippen molar-refractivity contribution in [2.75, 3.05) is 19.7 Å². The van der Waals surface area contributed by atoms with Gasteiger partial charge >= 0.3 is 17.8 Å². The van der Waals surface area contributed by atoms with Gasteiger partial charge in [-0.2, -0.15) is 0 Å². The molecule has 0 spiro atoms. The first-order valence-corrected chi connectivity index (χ1v) is 8.37. The number of carbonyl (C=O) groups excluding carboxylic acids is 3. The maximum atomic E-state index is 12.2. The Kier molecular flexibility index (Phi) is 6.61. The quantitative estimate of drug-likeness (QED) is 0.661. The average molecular weight is 353 g/mol. The third-order valence-electron chi connectivity index (χ3n) is 3.96. The molecule has 1 saturated heterocycles. The molecule has 0 saturated carbocycles. The van der Waals surface area contributed by atoms with Crippen molar-refractivity contribution in [2.24, 2.45) is 5.92 Å². The summed E-state index contributed by atoms with van der Waals surface area (Å²) in [5, 5.41) is 3.22. The molecule has 2 amide bonds. The van der Waals surface area contributed by atoms with Crippen molar-refractivity contribution < 1.29 is 19.1 Å². The summed E-state index contributed by atoms with van der Waals surface area (Å²) in [6.07, 6.45) is 1.05. The van der Waals surface area contributed by atoms with Crippen LogP contribution in [0.15, 0.2) is 24.3 Å².